The SMILES string of the molecule is CS(=O)(=O)N1CCCC1C(=O)Nc1ccc(Oc2cccc(C(N)=O)c2)nc1. The molecule has 0 radical (unpaired) electrons. The molecule has 1 aromatic heterocycles. The molecule has 1 atom stereocenters. The van der Waals surface area contributed by atoms with Gasteiger partial charge in [0.05, 0.1) is 18.1 Å². The minimum atomic E-state index is -3.44. The van der Waals surface area contributed by atoms with E-state index in [1.807, 2.05) is 0 Å². The van der Waals surface area contributed by atoms with Crippen LogP contribution in [0.25, 0.3) is 0 Å². The van der Waals surface area contributed by atoms with Crippen LogP contribution in [0, 0.1) is 0 Å². The Balaban J connectivity index is 1.65. The summed E-state index contributed by atoms with van der Waals surface area (Å²) in [4.78, 5) is 27.8. The van der Waals surface area contributed by atoms with Crippen molar-refractivity contribution in [2.75, 3.05) is 18.1 Å². The Hall–Kier alpha value is -2.98. The molecule has 3 rings (SSSR count). The molecule has 1 unspecified atom stereocenters. The van der Waals surface area contributed by atoms with Gasteiger partial charge in [-0.25, -0.2) is 13.4 Å². The summed E-state index contributed by atoms with van der Waals surface area (Å²) in [6.07, 6.45) is 3.62. The standard InChI is InChI=1S/C18H20N4O5S/c1-28(25,26)22-9-3-6-15(22)18(24)21-13-7-8-16(20-11-13)27-14-5-2-4-12(10-14)17(19)23/h2,4-5,7-8,10-11,15H,3,6,9H2,1H3,(H2,19,23)(H,21,24). The van der Waals surface area contributed by atoms with Gasteiger partial charge < -0.3 is 15.8 Å². The molecular weight excluding hydrogens is 384 g/mol. The molecule has 1 aliphatic rings. The van der Waals surface area contributed by atoms with Crippen molar-refractivity contribution in [1.29, 1.82) is 0 Å². The van der Waals surface area contributed by atoms with E-state index >= 15 is 0 Å². The number of nitrogens with one attached hydrogen (secondary N) is 1. The number of benzene rings is 1. The Kier molecular flexibility index (Phi) is 5.61. The second kappa shape index (κ2) is 7.95. The molecule has 1 fully saturated rings. The first-order valence-electron chi connectivity index (χ1n) is 8.55. The minimum absolute atomic E-state index is 0.262. The molecule has 3 N–H and O–H groups in total. The van der Waals surface area contributed by atoms with Crippen LogP contribution in [0.4, 0.5) is 5.69 Å². The maximum Gasteiger partial charge on any atom is 0.248 e. The fraction of sp³-hybridized carbons (Fsp3) is 0.278. The summed E-state index contributed by atoms with van der Waals surface area (Å²) in [7, 11) is -3.44. The molecule has 2 aromatic rings. The molecule has 1 aliphatic heterocycles. The topological polar surface area (TPSA) is 132 Å². The van der Waals surface area contributed by atoms with E-state index in [4.69, 9.17) is 10.5 Å². The Bertz CT molecular complexity index is 991. The monoisotopic (exact) mass is 404 g/mol. The van der Waals surface area contributed by atoms with E-state index in [1.54, 1.807) is 30.3 Å². The third kappa shape index (κ3) is 4.65. The summed E-state index contributed by atoms with van der Waals surface area (Å²) in [5, 5.41) is 2.68. The van der Waals surface area contributed by atoms with Gasteiger partial charge in [-0.15, -0.1) is 0 Å². The predicted molar refractivity (Wildman–Crippen MR) is 102 cm³/mol. The average Bonchev–Trinajstić information content (AvgIpc) is 3.14. The van der Waals surface area contributed by atoms with Gasteiger partial charge in [-0.05, 0) is 37.1 Å². The first kappa shape index (κ1) is 19.8. The van der Waals surface area contributed by atoms with E-state index in [9.17, 15) is 18.0 Å². The number of carbonyl (C=O) groups is 2. The molecule has 9 nitrogen and oxygen atoms in total. The van der Waals surface area contributed by atoms with Gasteiger partial charge >= 0.3 is 0 Å². The number of amides is 2. The Morgan fingerprint density at radius 3 is 2.71 bits per heavy atom. The summed E-state index contributed by atoms with van der Waals surface area (Å²) in [5.74, 6) is -0.298. The van der Waals surface area contributed by atoms with Gasteiger partial charge in [0.15, 0.2) is 0 Å². The molecule has 148 valence electrons. The number of pyridine rings is 1. The molecule has 0 spiro atoms. The van der Waals surface area contributed by atoms with Gasteiger partial charge in [0.1, 0.15) is 11.8 Å². The highest BCUT2D eigenvalue weighted by atomic mass is 32.2. The number of hydrogen-bond donors (Lipinski definition) is 2. The number of anilines is 1. The second-order valence-electron chi connectivity index (χ2n) is 6.40. The van der Waals surface area contributed by atoms with Crippen molar-refractivity contribution in [2.45, 2.75) is 18.9 Å². The number of sulfonamides is 1. The third-order valence-corrected chi connectivity index (χ3v) is 5.57. The molecule has 1 saturated heterocycles. The van der Waals surface area contributed by atoms with Crippen molar-refractivity contribution >= 4 is 27.5 Å². The second-order valence-corrected chi connectivity index (χ2v) is 8.34. The van der Waals surface area contributed by atoms with Crippen molar-refractivity contribution in [3.8, 4) is 11.6 Å². The van der Waals surface area contributed by atoms with Gasteiger partial charge in [0.2, 0.25) is 27.7 Å². The van der Waals surface area contributed by atoms with Crippen LogP contribution in [0.5, 0.6) is 11.6 Å². The zero-order valence-corrected chi connectivity index (χ0v) is 16.0. The molecule has 28 heavy (non-hydrogen) atoms. The van der Waals surface area contributed by atoms with Gasteiger partial charge in [-0.3, -0.25) is 9.59 Å². The van der Waals surface area contributed by atoms with Crippen molar-refractivity contribution < 1.29 is 22.7 Å². The summed E-state index contributed by atoms with van der Waals surface area (Å²) < 4.78 is 30.3. The highest BCUT2D eigenvalue weighted by Gasteiger charge is 2.36. The number of carbonyl (C=O) groups excluding carboxylic acids is 2. The highest BCUT2D eigenvalue weighted by Crippen LogP contribution is 2.24. The lowest BCUT2D eigenvalue weighted by molar-refractivity contribution is -0.119. The quantitative estimate of drug-likeness (QED) is 0.747. The van der Waals surface area contributed by atoms with E-state index in [2.05, 4.69) is 10.3 Å². The van der Waals surface area contributed by atoms with E-state index in [-0.39, 0.29) is 5.88 Å². The number of ether oxygens (including phenoxy) is 1. The normalized spacial score (nSPS) is 17.2. The lowest BCUT2D eigenvalue weighted by Gasteiger charge is -2.21. The van der Waals surface area contributed by atoms with Crippen LogP contribution in [0.1, 0.15) is 23.2 Å². The number of rotatable bonds is 6. The number of hydrogen-bond acceptors (Lipinski definition) is 6. The molecule has 0 bridgehead atoms. The number of aromatic nitrogens is 1. The molecule has 1 aromatic carbocycles. The first-order chi connectivity index (χ1) is 13.2. The molecule has 2 amide bonds. The van der Waals surface area contributed by atoms with Gasteiger partial charge in [-0.2, -0.15) is 4.31 Å². The summed E-state index contributed by atoms with van der Waals surface area (Å²) in [5.41, 5.74) is 5.97. The fourth-order valence-corrected chi connectivity index (χ4v) is 4.10. The van der Waals surface area contributed by atoms with Crippen LogP contribution in [0.3, 0.4) is 0 Å². The highest BCUT2D eigenvalue weighted by molar-refractivity contribution is 7.88. The van der Waals surface area contributed by atoms with Crippen molar-refractivity contribution in [2.24, 2.45) is 5.73 Å². The van der Waals surface area contributed by atoms with Gasteiger partial charge in [0.25, 0.3) is 0 Å². The van der Waals surface area contributed by atoms with Crippen molar-refractivity contribution in [3.63, 3.8) is 0 Å². The summed E-state index contributed by atoms with van der Waals surface area (Å²) in [6.45, 7) is 0.340. The minimum Gasteiger partial charge on any atom is -0.439 e. The molecule has 10 heteroatoms. The lowest BCUT2D eigenvalue weighted by Crippen LogP contribution is -2.42. The van der Waals surface area contributed by atoms with Crippen LogP contribution >= 0.6 is 0 Å². The molecule has 0 saturated carbocycles. The Labute approximate surface area is 162 Å². The Morgan fingerprint density at radius 1 is 1.29 bits per heavy atom. The molecule has 0 aliphatic carbocycles. The average molecular weight is 404 g/mol. The zero-order chi connectivity index (χ0) is 20.3. The van der Waals surface area contributed by atoms with E-state index in [0.29, 0.717) is 36.4 Å². The van der Waals surface area contributed by atoms with Gasteiger partial charge in [-0.1, -0.05) is 6.07 Å². The lowest BCUT2D eigenvalue weighted by atomic mass is 10.2. The number of nitrogens with zero attached hydrogens (tertiary/aromatic N) is 2. The number of primary amides is 1. The van der Waals surface area contributed by atoms with Crippen molar-refractivity contribution in [3.05, 3.63) is 48.2 Å². The molecule has 2 heterocycles. The van der Waals surface area contributed by atoms with E-state index in [0.717, 1.165) is 6.26 Å². The molecular formula is C18H20N4O5S. The van der Waals surface area contributed by atoms with E-state index in [1.165, 1.54) is 16.6 Å². The van der Waals surface area contributed by atoms with Crippen molar-refractivity contribution in [1.82, 2.24) is 9.29 Å². The van der Waals surface area contributed by atoms with Crippen LogP contribution in [0.15, 0.2) is 42.6 Å². The number of nitrogens with two attached hydrogens (primary N) is 1. The maximum atomic E-state index is 12.4. The van der Waals surface area contributed by atoms with Crippen LogP contribution < -0.4 is 15.8 Å². The zero-order valence-electron chi connectivity index (χ0n) is 15.2. The summed E-state index contributed by atoms with van der Waals surface area (Å²) >= 11 is 0. The largest absolute Gasteiger partial charge is 0.439 e. The van der Waals surface area contributed by atoms with Crippen LogP contribution in [0.2, 0.25) is 0 Å². The Morgan fingerprint density at radius 2 is 2.07 bits per heavy atom. The van der Waals surface area contributed by atoms with Gasteiger partial charge in [0, 0.05) is 18.2 Å². The fourth-order valence-electron chi connectivity index (χ4n) is 2.97. The van der Waals surface area contributed by atoms with Crippen LogP contribution in [-0.4, -0.2) is 48.4 Å². The maximum absolute atomic E-state index is 12.4. The smallest absolute Gasteiger partial charge is 0.248 e. The van der Waals surface area contributed by atoms with E-state index < -0.39 is 27.9 Å². The summed E-state index contributed by atoms with van der Waals surface area (Å²) in [6, 6.07) is 8.79. The first-order valence-corrected chi connectivity index (χ1v) is 10.4. The predicted octanol–water partition coefficient (Wildman–Crippen LogP) is 1.34. The van der Waals surface area contributed by atoms with Crippen LogP contribution in [-0.2, 0) is 14.8 Å². The third-order valence-electron chi connectivity index (χ3n) is 4.28.